The number of hydrogen-bond acceptors (Lipinski definition) is 3. The zero-order valence-electron chi connectivity index (χ0n) is 13.5. The Kier molecular flexibility index (Phi) is 5.25. The lowest BCUT2D eigenvalue weighted by atomic mass is 9.84. The van der Waals surface area contributed by atoms with Crippen molar-refractivity contribution in [2.75, 3.05) is 19.8 Å². The number of carbonyl (C=O) groups excluding carboxylic acids is 2. The van der Waals surface area contributed by atoms with E-state index in [1.54, 1.807) is 0 Å². The van der Waals surface area contributed by atoms with Crippen molar-refractivity contribution in [3.63, 3.8) is 0 Å². The molecular formula is C16H28N2O3. The summed E-state index contributed by atoms with van der Waals surface area (Å²) in [6, 6.07) is -0.358. The number of piperazine rings is 1. The van der Waals surface area contributed by atoms with Gasteiger partial charge in [-0.2, -0.15) is 0 Å². The average molecular weight is 296 g/mol. The van der Waals surface area contributed by atoms with E-state index in [2.05, 4.69) is 5.32 Å². The minimum Gasteiger partial charge on any atom is -0.381 e. The number of carbonyl (C=O) groups is 2. The summed E-state index contributed by atoms with van der Waals surface area (Å²) >= 11 is 0. The van der Waals surface area contributed by atoms with Gasteiger partial charge in [0, 0.05) is 19.8 Å². The zero-order chi connectivity index (χ0) is 15.5. The molecule has 0 aromatic heterocycles. The highest BCUT2D eigenvalue weighted by Crippen LogP contribution is 2.31. The topological polar surface area (TPSA) is 58.6 Å². The summed E-state index contributed by atoms with van der Waals surface area (Å²) in [5, 5.41) is 2.92. The Morgan fingerprint density at radius 1 is 1.19 bits per heavy atom. The van der Waals surface area contributed by atoms with E-state index in [0.29, 0.717) is 31.7 Å². The van der Waals surface area contributed by atoms with Gasteiger partial charge in [-0.25, -0.2) is 0 Å². The zero-order valence-corrected chi connectivity index (χ0v) is 13.5. The Labute approximate surface area is 127 Å². The van der Waals surface area contributed by atoms with Gasteiger partial charge in [0.25, 0.3) is 0 Å². The van der Waals surface area contributed by atoms with Crippen LogP contribution >= 0.6 is 0 Å². The fraction of sp³-hybridized carbons (Fsp3) is 0.875. The van der Waals surface area contributed by atoms with Gasteiger partial charge in [-0.3, -0.25) is 9.59 Å². The van der Waals surface area contributed by atoms with E-state index in [0.717, 1.165) is 26.1 Å². The van der Waals surface area contributed by atoms with E-state index < -0.39 is 5.54 Å². The number of amides is 2. The molecule has 2 aliphatic heterocycles. The van der Waals surface area contributed by atoms with Crippen LogP contribution in [-0.2, 0) is 14.3 Å². The molecule has 0 aliphatic carbocycles. The SMILES string of the molecule is CCC1NC(=O)C(CC)(CC)N(CC2CCOCC2)C1=O. The molecule has 5 heteroatoms. The second kappa shape index (κ2) is 6.77. The molecule has 21 heavy (non-hydrogen) atoms. The largest absolute Gasteiger partial charge is 0.381 e. The quantitative estimate of drug-likeness (QED) is 0.840. The van der Waals surface area contributed by atoms with Crippen LogP contribution in [0.5, 0.6) is 0 Å². The van der Waals surface area contributed by atoms with Gasteiger partial charge >= 0.3 is 0 Å². The fourth-order valence-corrected chi connectivity index (χ4v) is 3.56. The Morgan fingerprint density at radius 2 is 1.81 bits per heavy atom. The van der Waals surface area contributed by atoms with Crippen molar-refractivity contribution < 1.29 is 14.3 Å². The van der Waals surface area contributed by atoms with Crippen molar-refractivity contribution in [2.45, 2.75) is 64.5 Å². The molecule has 1 atom stereocenters. The Bertz CT molecular complexity index is 387. The molecule has 1 unspecified atom stereocenters. The molecular weight excluding hydrogens is 268 g/mol. The van der Waals surface area contributed by atoms with Crippen molar-refractivity contribution in [1.82, 2.24) is 10.2 Å². The first-order valence-electron chi connectivity index (χ1n) is 8.29. The summed E-state index contributed by atoms with van der Waals surface area (Å²) in [5.74, 6) is 0.557. The average Bonchev–Trinajstić information content (AvgIpc) is 2.52. The molecule has 120 valence electrons. The Morgan fingerprint density at radius 3 is 2.33 bits per heavy atom. The lowest BCUT2D eigenvalue weighted by Gasteiger charge is -2.49. The Hall–Kier alpha value is -1.10. The smallest absolute Gasteiger partial charge is 0.246 e. The third-order valence-corrected chi connectivity index (χ3v) is 5.17. The van der Waals surface area contributed by atoms with Crippen LogP contribution in [-0.4, -0.2) is 48.1 Å². The van der Waals surface area contributed by atoms with Crippen molar-refractivity contribution in [3.05, 3.63) is 0 Å². The maximum absolute atomic E-state index is 12.8. The highest BCUT2D eigenvalue weighted by atomic mass is 16.5. The van der Waals surface area contributed by atoms with Crippen LogP contribution in [0.3, 0.4) is 0 Å². The lowest BCUT2D eigenvalue weighted by molar-refractivity contribution is -0.160. The first-order chi connectivity index (χ1) is 10.1. The predicted octanol–water partition coefficient (Wildman–Crippen LogP) is 1.71. The molecule has 0 radical (unpaired) electrons. The molecule has 2 heterocycles. The molecule has 0 aromatic rings. The van der Waals surface area contributed by atoms with Gasteiger partial charge < -0.3 is 15.0 Å². The standard InChI is InChI=1S/C16H28N2O3/c1-4-13-14(19)18(11-12-7-9-21-10-8-12)16(5-2,6-3)15(20)17-13/h12-13H,4-11H2,1-3H3,(H,17,20). The summed E-state index contributed by atoms with van der Waals surface area (Å²) in [7, 11) is 0. The van der Waals surface area contributed by atoms with E-state index in [1.165, 1.54) is 0 Å². The van der Waals surface area contributed by atoms with Crippen LogP contribution in [0, 0.1) is 5.92 Å². The van der Waals surface area contributed by atoms with E-state index in [-0.39, 0.29) is 17.9 Å². The number of hydrogen-bond donors (Lipinski definition) is 1. The van der Waals surface area contributed by atoms with E-state index in [1.807, 2.05) is 25.7 Å². The van der Waals surface area contributed by atoms with Crippen LogP contribution in [0.2, 0.25) is 0 Å². The van der Waals surface area contributed by atoms with E-state index >= 15 is 0 Å². The summed E-state index contributed by atoms with van der Waals surface area (Å²) < 4.78 is 5.40. The molecule has 2 aliphatic rings. The highest BCUT2D eigenvalue weighted by Gasteiger charge is 2.50. The number of nitrogens with one attached hydrogen (secondary N) is 1. The lowest BCUT2D eigenvalue weighted by Crippen LogP contribution is -2.70. The van der Waals surface area contributed by atoms with Crippen LogP contribution in [0.4, 0.5) is 0 Å². The maximum atomic E-state index is 12.8. The minimum atomic E-state index is -0.666. The second-order valence-electron chi connectivity index (χ2n) is 6.18. The molecule has 1 N–H and O–H groups in total. The van der Waals surface area contributed by atoms with Gasteiger partial charge in [0.1, 0.15) is 11.6 Å². The van der Waals surface area contributed by atoms with Crippen molar-refractivity contribution >= 4 is 11.8 Å². The first kappa shape index (κ1) is 16.3. The first-order valence-corrected chi connectivity index (χ1v) is 8.29. The number of ether oxygens (including phenoxy) is 1. The molecule has 2 amide bonds. The summed E-state index contributed by atoms with van der Waals surface area (Å²) in [6.07, 6.45) is 3.94. The predicted molar refractivity (Wildman–Crippen MR) is 80.8 cm³/mol. The van der Waals surface area contributed by atoms with Crippen LogP contribution in [0.1, 0.15) is 52.9 Å². The monoisotopic (exact) mass is 296 g/mol. The molecule has 2 rings (SSSR count). The van der Waals surface area contributed by atoms with Crippen molar-refractivity contribution in [1.29, 1.82) is 0 Å². The van der Waals surface area contributed by atoms with Gasteiger partial charge in [-0.05, 0) is 38.0 Å². The molecule has 5 nitrogen and oxygen atoms in total. The third kappa shape index (κ3) is 2.93. The summed E-state index contributed by atoms with van der Waals surface area (Å²) in [4.78, 5) is 27.3. The van der Waals surface area contributed by atoms with E-state index in [9.17, 15) is 9.59 Å². The van der Waals surface area contributed by atoms with Gasteiger partial charge in [0.2, 0.25) is 11.8 Å². The number of rotatable bonds is 5. The highest BCUT2D eigenvalue weighted by molar-refractivity contribution is 5.99. The Balaban J connectivity index is 2.24. The van der Waals surface area contributed by atoms with Crippen molar-refractivity contribution in [2.24, 2.45) is 5.92 Å². The van der Waals surface area contributed by atoms with E-state index in [4.69, 9.17) is 4.74 Å². The van der Waals surface area contributed by atoms with Gasteiger partial charge in [-0.1, -0.05) is 20.8 Å². The molecule has 2 fully saturated rings. The van der Waals surface area contributed by atoms with Gasteiger partial charge in [0.15, 0.2) is 0 Å². The van der Waals surface area contributed by atoms with Crippen LogP contribution in [0.25, 0.3) is 0 Å². The summed E-state index contributed by atoms with van der Waals surface area (Å²) in [5.41, 5.74) is -0.666. The van der Waals surface area contributed by atoms with Crippen molar-refractivity contribution in [3.8, 4) is 0 Å². The summed E-state index contributed by atoms with van der Waals surface area (Å²) in [6.45, 7) is 8.16. The maximum Gasteiger partial charge on any atom is 0.246 e. The molecule has 2 saturated heterocycles. The number of nitrogens with zero attached hydrogens (tertiary/aromatic N) is 1. The normalized spacial score (nSPS) is 26.8. The molecule has 0 spiro atoms. The third-order valence-electron chi connectivity index (χ3n) is 5.17. The van der Waals surface area contributed by atoms with Gasteiger partial charge in [-0.15, -0.1) is 0 Å². The molecule has 0 aromatic carbocycles. The molecule has 0 saturated carbocycles. The second-order valence-corrected chi connectivity index (χ2v) is 6.18. The van der Waals surface area contributed by atoms with Gasteiger partial charge in [0.05, 0.1) is 0 Å². The molecule has 0 bridgehead atoms. The fourth-order valence-electron chi connectivity index (χ4n) is 3.56. The minimum absolute atomic E-state index is 0.0195. The van der Waals surface area contributed by atoms with Crippen LogP contribution < -0.4 is 5.32 Å². The van der Waals surface area contributed by atoms with Crippen LogP contribution in [0.15, 0.2) is 0 Å².